The van der Waals surface area contributed by atoms with Crippen molar-refractivity contribution in [2.24, 2.45) is 5.73 Å². The Labute approximate surface area is 110 Å². The highest BCUT2D eigenvalue weighted by molar-refractivity contribution is 5.81. The lowest BCUT2D eigenvalue weighted by Gasteiger charge is -1.96. The normalized spacial score (nSPS) is 11.3. The average molecular weight is 256 g/mol. The van der Waals surface area contributed by atoms with Crippen LogP contribution < -0.4 is 5.73 Å². The van der Waals surface area contributed by atoms with E-state index in [1.807, 2.05) is 23.0 Å². The van der Waals surface area contributed by atoms with Crippen LogP contribution in [0, 0.1) is 0 Å². The van der Waals surface area contributed by atoms with E-state index >= 15 is 0 Å². The molecule has 0 unspecified atom stereocenters. The van der Waals surface area contributed by atoms with Crippen LogP contribution in [0.5, 0.6) is 0 Å². The second-order valence-corrected chi connectivity index (χ2v) is 4.39. The van der Waals surface area contributed by atoms with Gasteiger partial charge in [-0.2, -0.15) is 5.10 Å². The molecule has 0 aliphatic rings. The molecule has 19 heavy (non-hydrogen) atoms. The molecule has 2 heterocycles. The Kier molecular flexibility index (Phi) is 3.00. The molecule has 3 aromatic rings. The number of nitrogens with zero attached hydrogens (tertiary/aromatic N) is 5. The second-order valence-electron chi connectivity index (χ2n) is 4.39. The topological polar surface area (TPSA) is 74.5 Å². The van der Waals surface area contributed by atoms with Gasteiger partial charge in [-0.1, -0.05) is 23.4 Å². The summed E-state index contributed by atoms with van der Waals surface area (Å²) in [7, 11) is 0. The van der Waals surface area contributed by atoms with Crippen LogP contribution in [0.3, 0.4) is 0 Å². The smallest absolute Gasteiger partial charge is 0.0962 e. The number of rotatable bonds is 4. The summed E-state index contributed by atoms with van der Waals surface area (Å²) >= 11 is 0. The molecule has 0 atom stereocenters. The van der Waals surface area contributed by atoms with Crippen molar-refractivity contribution in [2.75, 3.05) is 0 Å². The Morgan fingerprint density at radius 3 is 2.84 bits per heavy atom. The molecule has 6 nitrogen and oxygen atoms in total. The van der Waals surface area contributed by atoms with Gasteiger partial charge < -0.3 is 5.73 Å². The number of aryl methyl sites for hydroxylation is 1. The van der Waals surface area contributed by atoms with Crippen molar-refractivity contribution >= 4 is 10.9 Å². The molecule has 0 bridgehead atoms. The van der Waals surface area contributed by atoms with Crippen molar-refractivity contribution in [3.05, 3.63) is 41.9 Å². The summed E-state index contributed by atoms with van der Waals surface area (Å²) in [6.45, 7) is 3.96. The van der Waals surface area contributed by atoms with Crippen LogP contribution in [0.15, 0.2) is 30.5 Å². The van der Waals surface area contributed by atoms with Gasteiger partial charge in [0.25, 0.3) is 0 Å². The third-order valence-electron chi connectivity index (χ3n) is 3.14. The van der Waals surface area contributed by atoms with E-state index in [-0.39, 0.29) is 0 Å². The lowest BCUT2D eigenvalue weighted by atomic mass is 10.2. The standard InChI is InChI=1S/C13H16N6/c1-2-19-13-6-4-3-5-11(13)12(16-19)9-18-8-10(7-14)15-17-18/h3-6,8H,2,7,9,14H2,1H3. The van der Waals surface area contributed by atoms with Crippen LogP contribution in [0.25, 0.3) is 10.9 Å². The van der Waals surface area contributed by atoms with Crippen molar-refractivity contribution in [3.63, 3.8) is 0 Å². The molecule has 0 saturated heterocycles. The molecular formula is C13H16N6. The molecule has 0 fully saturated rings. The Hall–Kier alpha value is -2.21. The molecule has 2 aromatic heterocycles. The highest BCUT2D eigenvalue weighted by Gasteiger charge is 2.10. The first-order valence-electron chi connectivity index (χ1n) is 6.35. The number of nitrogens with two attached hydrogens (primary N) is 1. The van der Waals surface area contributed by atoms with E-state index < -0.39 is 0 Å². The second kappa shape index (κ2) is 4.81. The number of para-hydroxylation sites is 1. The zero-order valence-corrected chi connectivity index (χ0v) is 10.8. The van der Waals surface area contributed by atoms with E-state index in [1.54, 1.807) is 4.68 Å². The summed E-state index contributed by atoms with van der Waals surface area (Å²) in [6, 6.07) is 8.23. The van der Waals surface area contributed by atoms with E-state index in [1.165, 1.54) is 0 Å². The molecule has 0 amide bonds. The molecule has 3 rings (SSSR count). The quantitative estimate of drug-likeness (QED) is 0.760. The van der Waals surface area contributed by atoms with E-state index in [4.69, 9.17) is 5.73 Å². The number of hydrogen-bond acceptors (Lipinski definition) is 4. The molecule has 0 aliphatic heterocycles. The average Bonchev–Trinajstić information content (AvgIpc) is 3.04. The van der Waals surface area contributed by atoms with Gasteiger partial charge in [-0.3, -0.25) is 4.68 Å². The summed E-state index contributed by atoms with van der Waals surface area (Å²) in [4.78, 5) is 0. The van der Waals surface area contributed by atoms with Gasteiger partial charge in [0.1, 0.15) is 0 Å². The lowest BCUT2D eigenvalue weighted by molar-refractivity contribution is 0.611. The lowest BCUT2D eigenvalue weighted by Crippen LogP contribution is -2.03. The fraction of sp³-hybridized carbons (Fsp3) is 0.308. The largest absolute Gasteiger partial charge is 0.325 e. The van der Waals surface area contributed by atoms with Gasteiger partial charge in [0.2, 0.25) is 0 Å². The van der Waals surface area contributed by atoms with Gasteiger partial charge in [-0.25, -0.2) is 4.68 Å². The van der Waals surface area contributed by atoms with Gasteiger partial charge in [0, 0.05) is 18.5 Å². The number of hydrogen-bond donors (Lipinski definition) is 1. The minimum absolute atomic E-state index is 0.407. The first-order valence-corrected chi connectivity index (χ1v) is 6.35. The Morgan fingerprint density at radius 2 is 2.11 bits per heavy atom. The minimum atomic E-state index is 0.407. The van der Waals surface area contributed by atoms with Crippen LogP contribution in [0.2, 0.25) is 0 Å². The predicted octanol–water partition coefficient (Wildman–Crippen LogP) is 1.15. The van der Waals surface area contributed by atoms with E-state index in [9.17, 15) is 0 Å². The molecule has 1 aromatic carbocycles. The van der Waals surface area contributed by atoms with Crippen molar-refractivity contribution in [1.82, 2.24) is 24.8 Å². The minimum Gasteiger partial charge on any atom is -0.325 e. The van der Waals surface area contributed by atoms with E-state index in [0.29, 0.717) is 13.1 Å². The predicted molar refractivity (Wildman–Crippen MR) is 72.4 cm³/mol. The van der Waals surface area contributed by atoms with E-state index in [2.05, 4.69) is 34.5 Å². The van der Waals surface area contributed by atoms with Crippen LogP contribution in [0.1, 0.15) is 18.3 Å². The summed E-state index contributed by atoms with van der Waals surface area (Å²) in [5.41, 5.74) is 8.49. The van der Waals surface area contributed by atoms with Crippen molar-refractivity contribution in [1.29, 1.82) is 0 Å². The molecule has 2 N–H and O–H groups in total. The zero-order valence-electron chi connectivity index (χ0n) is 10.8. The third-order valence-corrected chi connectivity index (χ3v) is 3.14. The van der Waals surface area contributed by atoms with E-state index in [0.717, 1.165) is 28.8 Å². The fourth-order valence-electron chi connectivity index (χ4n) is 2.22. The molecule has 98 valence electrons. The summed E-state index contributed by atoms with van der Waals surface area (Å²) in [5, 5.41) is 13.8. The number of aromatic nitrogens is 5. The Bertz CT molecular complexity index is 696. The Balaban J connectivity index is 2.00. The monoisotopic (exact) mass is 256 g/mol. The van der Waals surface area contributed by atoms with Gasteiger partial charge in [0.15, 0.2) is 0 Å². The fourth-order valence-corrected chi connectivity index (χ4v) is 2.22. The molecule has 6 heteroatoms. The zero-order chi connectivity index (χ0) is 13.2. The first-order chi connectivity index (χ1) is 9.31. The molecule has 0 radical (unpaired) electrons. The van der Waals surface area contributed by atoms with Gasteiger partial charge in [-0.05, 0) is 13.0 Å². The summed E-state index contributed by atoms with van der Waals surface area (Å²) in [5.74, 6) is 0. The Morgan fingerprint density at radius 1 is 1.26 bits per heavy atom. The summed E-state index contributed by atoms with van der Waals surface area (Å²) < 4.78 is 3.78. The summed E-state index contributed by atoms with van der Waals surface area (Å²) in [6.07, 6.45) is 1.86. The molecular weight excluding hydrogens is 240 g/mol. The van der Waals surface area contributed by atoms with Gasteiger partial charge in [-0.15, -0.1) is 5.10 Å². The highest BCUT2D eigenvalue weighted by Crippen LogP contribution is 2.19. The molecule has 0 aliphatic carbocycles. The van der Waals surface area contributed by atoms with Crippen molar-refractivity contribution in [2.45, 2.75) is 26.6 Å². The number of fused-ring (bicyclic) bond motifs is 1. The van der Waals surface area contributed by atoms with Crippen molar-refractivity contribution in [3.8, 4) is 0 Å². The number of benzene rings is 1. The molecule has 0 saturated carbocycles. The molecule has 0 spiro atoms. The van der Waals surface area contributed by atoms with Gasteiger partial charge in [0.05, 0.1) is 29.6 Å². The maximum Gasteiger partial charge on any atom is 0.0962 e. The van der Waals surface area contributed by atoms with Crippen LogP contribution in [-0.4, -0.2) is 24.8 Å². The van der Waals surface area contributed by atoms with Crippen LogP contribution in [0.4, 0.5) is 0 Å². The highest BCUT2D eigenvalue weighted by atomic mass is 15.4. The van der Waals surface area contributed by atoms with Crippen LogP contribution >= 0.6 is 0 Å². The third kappa shape index (κ3) is 2.10. The van der Waals surface area contributed by atoms with Gasteiger partial charge >= 0.3 is 0 Å². The maximum absolute atomic E-state index is 5.54. The maximum atomic E-state index is 5.54. The van der Waals surface area contributed by atoms with Crippen LogP contribution in [-0.2, 0) is 19.6 Å². The van der Waals surface area contributed by atoms with Crippen molar-refractivity contribution < 1.29 is 0 Å². The SMILES string of the molecule is CCn1nc(Cn2cc(CN)nn2)c2ccccc21. The first kappa shape index (κ1) is 11.9.